The minimum absolute atomic E-state index is 0.209. The summed E-state index contributed by atoms with van der Waals surface area (Å²) in [5.41, 5.74) is 4.67. The lowest BCUT2D eigenvalue weighted by atomic mass is 10.1. The van der Waals surface area contributed by atoms with Crippen molar-refractivity contribution in [1.82, 2.24) is 29.9 Å². The highest BCUT2D eigenvalue weighted by Gasteiger charge is 2.27. The molecular formula is C26H25N6O5P. The SMILES string of the molecule is CCOC(=O)COP(=O)(OC)c1ccc(Cc2cnc3nnn(Cc4ccc5ncccc5c4)c3n2)cc1. The fourth-order valence-electron chi connectivity index (χ4n) is 3.96. The molecule has 0 saturated carbocycles. The van der Waals surface area contributed by atoms with Crippen LogP contribution in [0.4, 0.5) is 0 Å². The Morgan fingerprint density at radius 3 is 2.66 bits per heavy atom. The number of nitrogens with zero attached hydrogens (tertiary/aromatic N) is 6. The van der Waals surface area contributed by atoms with Crippen LogP contribution in [0, 0.1) is 0 Å². The average molecular weight is 532 g/mol. The van der Waals surface area contributed by atoms with E-state index in [-0.39, 0.29) is 6.61 Å². The summed E-state index contributed by atoms with van der Waals surface area (Å²) in [6.45, 7) is 1.92. The van der Waals surface area contributed by atoms with Crippen LogP contribution in [0.3, 0.4) is 0 Å². The van der Waals surface area contributed by atoms with Crippen LogP contribution in [0.5, 0.6) is 0 Å². The maximum Gasteiger partial charge on any atom is 0.361 e. The summed E-state index contributed by atoms with van der Waals surface area (Å²) >= 11 is 0. The van der Waals surface area contributed by atoms with Crippen LogP contribution in [0.1, 0.15) is 23.7 Å². The molecule has 5 rings (SSSR count). The molecule has 194 valence electrons. The first-order chi connectivity index (χ1) is 18.5. The lowest BCUT2D eigenvalue weighted by molar-refractivity contribution is -0.145. The summed E-state index contributed by atoms with van der Waals surface area (Å²) in [7, 11) is -2.39. The number of rotatable bonds is 10. The molecule has 0 aliphatic rings. The van der Waals surface area contributed by atoms with Gasteiger partial charge in [0.2, 0.25) is 5.65 Å². The molecule has 0 aliphatic heterocycles. The molecule has 11 nitrogen and oxygen atoms in total. The minimum Gasteiger partial charge on any atom is -0.464 e. The van der Waals surface area contributed by atoms with Gasteiger partial charge in [0.25, 0.3) is 0 Å². The second kappa shape index (κ2) is 11.1. The number of aromatic nitrogens is 6. The molecule has 5 aromatic rings. The highest BCUT2D eigenvalue weighted by atomic mass is 31.2. The van der Waals surface area contributed by atoms with Gasteiger partial charge in [-0.05, 0) is 48.4 Å². The highest BCUT2D eigenvalue weighted by Crippen LogP contribution is 2.46. The van der Waals surface area contributed by atoms with E-state index in [2.05, 4.69) is 26.3 Å². The number of hydrogen-bond donors (Lipinski definition) is 0. The van der Waals surface area contributed by atoms with Crippen molar-refractivity contribution in [2.24, 2.45) is 0 Å². The predicted octanol–water partition coefficient (Wildman–Crippen LogP) is 3.45. The van der Waals surface area contributed by atoms with Gasteiger partial charge < -0.3 is 9.26 Å². The number of carbonyl (C=O) groups is 1. The number of benzene rings is 2. The molecule has 1 atom stereocenters. The topological polar surface area (TPSA) is 131 Å². The van der Waals surface area contributed by atoms with E-state index in [1.807, 2.05) is 24.3 Å². The quantitative estimate of drug-likeness (QED) is 0.195. The molecule has 0 saturated heterocycles. The molecule has 0 spiro atoms. The van der Waals surface area contributed by atoms with E-state index in [0.29, 0.717) is 29.6 Å². The molecule has 1 unspecified atom stereocenters. The number of hydrogen-bond acceptors (Lipinski definition) is 10. The summed E-state index contributed by atoms with van der Waals surface area (Å²) < 4.78 is 30.0. The average Bonchev–Trinajstić information content (AvgIpc) is 3.34. The van der Waals surface area contributed by atoms with E-state index in [1.165, 1.54) is 7.11 Å². The van der Waals surface area contributed by atoms with E-state index >= 15 is 0 Å². The first kappa shape index (κ1) is 25.6. The Kier molecular flexibility index (Phi) is 7.50. The molecule has 3 heterocycles. The Morgan fingerprint density at radius 2 is 1.87 bits per heavy atom. The van der Waals surface area contributed by atoms with Crippen molar-refractivity contribution in [1.29, 1.82) is 0 Å². The first-order valence-electron chi connectivity index (χ1n) is 11.9. The Labute approximate surface area is 218 Å². The molecule has 38 heavy (non-hydrogen) atoms. The zero-order valence-corrected chi connectivity index (χ0v) is 21.7. The first-order valence-corrected chi connectivity index (χ1v) is 13.5. The maximum atomic E-state index is 13.0. The number of esters is 1. The van der Waals surface area contributed by atoms with Crippen LogP contribution >= 0.6 is 7.60 Å². The molecule has 3 aromatic heterocycles. The van der Waals surface area contributed by atoms with Crippen molar-refractivity contribution in [3.05, 3.63) is 83.8 Å². The third kappa shape index (κ3) is 5.60. The lowest BCUT2D eigenvalue weighted by Crippen LogP contribution is -2.16. The monoisotopic (exact) mass is 532 g/mol. The van der Waals surface area contributed by atoms with Crippen LogP contribution < -0.4 is 5.30 Å². The van der Waals surface area contributed by atoms with Gasteiger partial charge in [0.15, 0.2) is 12.3 Å². The largest absolute Gasteiger partial charge is 0.464 e. The van der Waals surface area contributed by atoms with E-state index in [4.69, 9.17) is 18.8 Å². The van der Waals surface area contributed by atoms with Crippen molar-refractivity contribution >= 4 is 41.1 Å². The summed E-state index contributed by atoms with van der Waals surface area (Å²) in [4.78, 5) is 25.1. The predicted molar refractivity (Wildman–Crippen MR) is 140 cm³/mol. The van der Waals surface area contributed by atoms with Crippen molar-refractivity contribution < 1.29 is 23.1 Å². The van der Waals surface area contributed by atoms with Crippen LogP contribution in [-0.4, -0.2) is 56.2 Å². The van der Waals surface area contributed by atoms with Crippen LogP contribution in [-0.2, 0) is 36.1 Å². The molecule has 12 heteroatoms. The summed E-state index contributed by atoms with van der Waals surface area (Å²) in [5, 5.41) is 9.78. The van der Waals surface area contributed by atoms with E-state index < -0.39 is 20.2 Å². The number of ether oxygens (including phenoxy) is 1. The molecule has 0 aliphatic carbocycles. The van der Waals surface area contributed by atoms with Gasteiger partial charge in [0.1, 0.15) is 0 Å². The highest BCUT2D eigenvalue weighted by molar-refractivity contribution is 7.62. The smallest absolute Gasteiger partial charge is 0.361 e. The second-order valence-corrected chi connectivity index (χ2v) is 10.5. The van der Waals surface area contributed by atoms with E-state index in [1.54, 1.807) is 48.3 Å². The third-order valence-corrected chi connectivity index (χ3v) is 7.69. The van der Waals surface area contributed by atoms with Crippen LogP contribution in [0.2, 0.25) is 0 Å². The summed E-state index contributed by atoms with van der Waals surface area (Å²) in [6.07, 6.45) is 3.92. The van der Waals surface area contributed by atoms with E-state index in [0.717, 1.165) is 27.7 Å². The van der Waals surface area contributed by atoms with Gasteiger partial charge in [-0.1, -0.05) is 29.5 Å². The Morgan fingerprint density at radius 1 is 1.05 bits per heavy atom. The Balaban J connectivity index is 1.31. The number of carbonyl (C=O) groups excluding carboxylic acids is 1. The standard InChI is InChI=1S/C26H25N6O5P/c1-3-36-24(33)17-37-38(34,35-2)22-9-6-18(7-10-22)14-21-15-28-25-26(29-21)32(31-30-25)16-19-8-11-23-20(13-19)5-4-12-27-23/h4-13,15H,3,14,16-17H2,1-2H3. The van der Waals surface area contributed by atoms with E-state index in [9.17, 15) is 9.36 Å². The normalized spacial score (nSPS) is 13.0. The molecule has 0 N–H and O–H groups in total. The second-order valence-electron chi connectivity index (χ2n) is 8.39. The fraction of sp³-hybridized carbons (Fsp3) is 0.231. The van der Waals surface area contributed by atoms with Crippen molar-refractivity contribution in [2.75, 3.05) is 20.3 Å². The van der Waals surface area contributed by atoms with Gasteiger partial charge in [0, 0.05) is 25.1 Å². The van der Waals surface area contributed by atoms with Gasteiger partial charge in [-0.2, -0.15) is 0 Å². The van der Waals surface area contributed by atoms with Gasteiger partial charge in [-0.3, -0.25) is 14.1 Å². The summed E-state index contributed by atoms with van der Waals surface area (Å²) in [5.74, 6) is -0.610. The Bertz CT molecular complexity index is 1640. The van der Waals surface area contributed by atoms with Crippen molar-refractivity contribution in [3.63, 3.8) is 0 Å². The fourth-order valence-corrected chi connectivity index (χ4v) is 5.21. The zero-order valence-electron chi connectivity index (χ0n) is 20.9. The molecule has 0 bridgehead atoms. The zero-order chi connectivity index (χ0) is 26.5. The van der Waals surface area contributed by atoms with Crippen LogP contribution in [0.15, 0.2) is 67.0 Å². The molecule has 0 fully saturated rings. The summed E-state index contributed by atoms with van der Waals surface area (Å²) in [6, 6.07) is 16.9. The number of fused-ring (bicyclic) bond motifs is 2. The molecule has 2 aromatic carbocycles. The maximum absolute atomic E-state index is 13.0. The molecular weight excluding hydrogens is 507 g/mol. The van der Waals surface area contributed by atoms with Gasteiger partial charge in [-0.25, -0.2) is 19.4 Å². The van der Waals surface area contributed by atoms with Crippen LogP contribution in [0.25, 0.3) is 22.2 Å². The molecule has 0 radical (unpaired) electrons. The Hall–Kier alpha value is -4.05. The van der Waals surface area contributed by atoms with Gasteiger partial charge in [-0.15, -0.1) is 5.10 Å². The third-order valence-electron chi connectivity index (χ3n) is 5.81. The lowest BCUT2D eigenvalue weighted by Gasteiger charge is -2.16. The molecule has 0 amide bonds. The number of pyridine rings is 1. The van der Waals surface area contributed by atoms with Gasteiger partial charge in [0.05, 0.1) is 35.9 Å². The minimum atomic E-state index is -3.66. The van der Waals surface area contributed by atoms with Crippen molar-refractivity contribution in [3.8, 4) is 0 Å². The van der Waals surface area contributed by atoms with Crippen molar-refractivity contribution in [2.45, 2.75) is 19.9 Å². The van der Waals surface area contributed by atoms with Gasteiger partial charge >= 0.3 is 13.6 Å².